The van der Waals surface area contributed by atoms with Gasteiger partial charge in [0.1, 0.15) is 0 Å². The van der Waals surface area contributed by atoms with Crippen LogP contribution < -0.4 is 5.43 Å². The fourth-order valence-electron chi connectivity index (χ4n) is 2.19. The minimum Gasteiger partial charge on any atom is -0.252 e. The monoisotopic (exact) mass is 170 g/mol. The summed E-state index contributed by atoms with van der Waals surface area (Å²) in [5, 5.41) is 2.08. The van der Waals surface area contributed by atoms with E-state index >= 15 is 0 Å². The van der Waals surface area contributed by atoms with Crippen molar-refractivity contribution in [2.75, 3.05) is 14.1 Å². The van der Waals surface area contributed by atoms with Crippen LogP contribution in [0.5, 0.6) is 0 Å². The molecule has 0 aromatic rings. The van der Waals surface area contributed by atoms with Crippen molar-refractivity contribution in [2.24, 2.45) is 11.8 Å². The van der Waals surface area contributed by atoms with Crippen LogP contribution in [0, 0.1) is 11.8 Å². The van der Waals surface area contributed by atoms with E-state index in [0.717, 1.165) is 11.8 Å². The summed E-state index contributed by atoms with van der Waals surface area (Å²) in [6.45, 7) is 4.72. The van der Waals surface area contributed by atoms with E-state index in [1.165, 1.54) is 19.3 Å². The first-order valence-corrected chi connectivity index (χ1v) is 5.03. The van der Waals surface area contributed by atoms with Crippen molar-refractivity contribution < 1.29 is 0 Å². The fourth-order valence-corrected chi connectivity index (χ4v) is 2.19. The quantitative estimate of drug-likeness (QED) is 0.637. The molecule has 0 aliphatic heterocycles. The molecule has 0 aromatic carbocycles. The van der Waals surface area contributed by atoms with Gasteiger partial charge in [-0.1, -0.05) is 13.8 Å². The van der Waals surface area contributed by atoms with Crippen LogP contribution in [0.25, 0.3) is 0 Å². The van der Waals surface area contributed by atoms with Gasteiger partial charge >= 0.3 is 0 Å². The molecule has 1 rings (SSSR count). The number of nitrogens with one attached hydrogen (secondary N) is 1. The molecule has 0 radical (unpaired) electrons. The Hall–Kier alpha value is -0.0800. The van der Waals surface area contributed by atoms with E-state index in [1.807, 2.05) is 0 Å². The molecule has 1 N–H and O–H groups in total. The predicted molar refractivity (Wildman–Crippen MR) is 52.8 cm³/mol. The molecule has 0 aromatic heterocycles. The third-order valence-corrected chi connectivity index (χ3v) is 2.86. The summed E-state index contributed by atoms with van der Waals surface area (Å²) in [6, 6.07) is 0.705. The zero-order chi connectivity index (χ0) is 9.14. The lowest BCUT2D eigenvalue weighted by Crippen LogP contribution is -2.45. The molecular formula is C10H22N2. The van der Waals surface area contributed by atoms with E-state index in [1.54, 1.807) is 0 Å². The second-order valence-corrected chi connectivity index (χ2v) is 4.53. The van der Waals surface area contributed by atoms with Crippen molar-refractivity contribution in [1.82, 2.24) is 10.4 Å². The fraction of sp³-hybridized carbons (Fsp3) is 1.00. The first kappa shape index (κ1) is 10.0. The SMILES string of the molecule is CC1CCC(NN(C)C)C(C)C1. The molecule has 72 valence electrons. The van der Waals surface area contributed by atoms with Gasteiger partial charge in [-0.15, -0.1) is 0 Å². The van der Waals surface area contributed by atoms with Gasteiger partial charge in [-0.3, -0.25) is 10.4 Å². The van der Waals surface area contributed by atoms with Gasteiger partial charge in [0.05, 0.1) is 0 Å². The highest BCUT2D eigenvalue weighted by molar-refractivity contribution is 4.79. The zero-order valence-electron chi connectivity index (χ0n) is 8.80. The summed E-state index contributed by atoms with van der Waals surface area (Å²) in [4.78, 5) is 0. The minimum absolute atomic E-state index is 0.705. The van der Waals surface area contributed by atoms with E-state index in [2.05, 4.69) is 38.4 Å². The van der Waals surface area contributed by atoms with E-state index in [0.29, 0.717) is 6.04 Å². The van der Waals surface area contributed by atoms with Crippen LogP contribution in [0.4, 0.5) is 0 Å². The van der Waals surface area contributed by atoms with Crippen LogP contribution in [0.2, 0.25) is 0 Å². The predicted octanol–water partition coefficient (Wildman–Crippen LogP) is 1.88. The average Bonchev–Trinajstić information content (AvgIpc) is 1.94. The number of hydrogen-bond donors (Lipinski definition) is 1. The Morgan fingerprint density at radius 2 is 1.83 bits per heavy atom. The zero-order valence-corrected chi connectivity index (χ0v) is 8.80. The normalized spacial score (nSPS) is 37.2. The largest absolute Gasteiger partial charge is 0.252 e. The van der Waals surface area contributed by atoms with Gasteiger partial charge in [0.25, 0.3) is 0 Å². The molecule has 2 nitrogen and oxygen atoms in total. The summed E-state index contributed by atoms with van der Waals surface area (Å²) in [7, 11) is 4.15. The first-order valence-electron chi connectivity index (χ1n) is 5.03. The lowest BCUT2D eigenvalue weighted by atomic mass is 9.80. The van der Waals surface area contributed by atoms with Crippen molar-refractivity contribution in [3.63, 3.8) is 0 Å². The number of rotatable bonds is 2. The smallest absolute Gasteiger partial charge is 0.0240 e. The highest BCUT2D eigenvalue weighted by Crippen LogP contribution is 2.28. The van der Waals surface area contributed by atoms with Crippen LogP contribution in [0.15, 0.2) is 0 Å². The number of hydrazine groups is 1. The molecule has 0 saturated heterocycles. The van der Waals surface area contributed by atoms with Crippen LogP contribution in [-0.2, 0) is 0 Å². The number of hydrogen-bond acceptors (Lipinski definition) is 2. The van der Waals surface area contributed by atoms with Gasteiger partial charge in [-0.25, -0.2) is 0 Å². The third kappa shape index (κ3) is 2.76. The maximum Gasteiger partial charge on any atom is 0.0240 e. The van der Waals surface area contributed by atoms with Crippen LogP contribution >= 0.6 is 0 Å². The molecule has 2 heteroatoms. The Kier molecular flexibility index (Phi) is 3.53. The van der Waals surface area contributed by atoms with Crippen LogP contribution in [0.1, 0.15) is 33.1 Å². The van der Waals surface area contributed by atoms with Crippen molar-refractivity contribution in [3.05, 3.63) is 0 Å². The van der Waals surface area contributed by atoms with Gasteiger partial charge in [-0.05, 0) is 31.1 Å². The Morgan fingerprint density at radius 3 is 2.33 bits per heavy atom. The Morgan fingerprint density at radius 1 is 1.17 bits per heavy atom. The molecule has 1 aliphatic rings. The van der Waals surface area contributed by atoms with Gasteiger partial charge < -0.3 is 0 Å². The molecule has 0 spiro atoms. The van der Waals surface area contributed by atoms with Gasteiger partial charge in [0, 0.05) is 20.1 Å². The Bertz CT molecular complexity index is 134. The average molecular weight is 170 g/mol. The van der Waals surface area contributed by atoms with Crippen molar-refractivity contribution >= 4 is 0 Å². The van der Waals surface area contributed by atoms with E-state index in [4.69, 9.17) is 0 Å². The molecule has 12 heavy (non-hydrogen) atoms. The first-order chi connectivity index (χ1) is 5.59. The maximum absolute atomic E-state index is 3.49. The maximum atomic E-state index is 3.49. The highest BCUT2D eigenvalue weighted by Gasteiger charge is 2.25. The van der Waals surface area contributed by atoms with Gasteiger partial charge in [-0.2, -0.15) is 0 Å². The van der Waals surface area contributed by atoms with E-state index in [9.17, 15) is 0 Å². The van der Waals surface area contributed by atoms with Crippen LogP contribution in [0.3, 0.4) is 0 Å². The second kappa shape index (κ2) is 4.24. The molecule has 3 unspecified atom stereocenters. The molecule has 1 saturated carbocycles. The van der Waals surface area contributed by atoms with Gasteiger partial charge in [0.2, 0.25) is 0 Å². The Labute approximate surface area is 76.3 Å². The van der Waals surface area contributed by atoms with E-state index in [-0.39, 0.29) is 0 Å². The minimum atomic E-state index is 0.705. The lowest BCUT2D eigenvalue weighted by Gasteiger charge is -2.35. The van der Waals surface area contributed by atoms with Crippen molar-refractivity contribution in [2.45, 2.75) is 39.2 Å². The molecular weight excluding hydrogens is 148 g/mol. The molecule has 3 atom stereocenters. The molecule has 0 amide bonds. The standard InChI is InChI=1S/C10H22N2/c1-8-5-6-10(9(2)7-8)11-12(3)4/h8-11H,5-7H2,1-4H3. The highest BCUT2D eigenvalue weighted by atomic mass is 15.5. The van der Waals surface area contributed by atoms with Crippen molar-refractivity contribution in [3.8, 4) is 0 Å². The Balaban J connectivity index is 2.34. The molecule has 0 bridgehead atoms. The third-order valence-electron chi connectivity index (χ3n) is 2.86. The molecule has 1 aliphatic carbocycles. The van der Waals surface area contributed by atoms with Crippen LogP contribution in [-0.4, -0.2) is 25.1 Å². The van der Waals surface area contributed by atoms with E-state index < -0.39 is 0 Å². The molecule has 0 heterocycles. The van der Waals surface area contributed by atoms with Gasteiger partial charge in [0.15, 0.2) is 0 Å². The number of nitrogens with zero attached hydrogens (tertiary/aromatic N) is 1. The summed E-state index contributed by atoms with van der Waals surface area (Å²) in [6.07, 6.45) is 4.10. The summed E-state index contributed by atoms with van der Waals surface area (Å²) in [5.74, 6) is 1.76. The van der Waals surface area contributed by atoms with Crippen molar-refractivity contribution in [1.29, 1.82) is 0 Å². The summed E-state index contributed by atoms with van der Waals surface area (Å²) in [5.41, 5.74) is 3.49. The summed E-state index contributed by atoms with van der Waals surface area (Å²) >= 11 is 0. The summed E-state index contributed by atoms with van der Waals surface area (Å²) < 4.78 is 0. The lowest BCUT2D eigenvalue weighted by molar-refractivity contribution is 0.145. The topological polar surface area (TPSA) is 15.3 Å². The molecule has 1 fully saturated rings. The second-order valence-electron chi connectivity index (χ2n) is 4.53.